The Bertz CT molecular complexity index is 556. The van der Waals surface area contributed by atoms with Gasteiger partial charge in [-0.25, -0.2) is 0 Å². The van der Waals surface area contributed by atoms with Crippen LogP contribution in [0.25, 0.3) is 0 Å². The molecule has 0 saturated carbocycles. The second kappa shape index (κ2) is 4.68. The van der Waals surface area contributed by atoms with Crippen molar-refractivity contribution in [2.75, 3.05) is 0 Å². The van der Waals surface area contributed by atoms with Crippen molar-refractivity contribution in [2.24, 2.45) is 5.73 Å². The molecule has 3 rings (SSSR count). The van der Waals surface area contributed by atoms with Crippen LogP contribution in [0.1, 0.15) is 22.0 Å². The molecule has 2 aromatic rings. The number of para-hydroxylation sites is 1. The van der Waals surface area contributed by atoms with Gasteiger partial charge < -0.3 is 10.5 Å². The van der Waals surface area contributed by atoms with Crippen molar-refractivity contribution in [1.29, 1.82) is 0 Å². The molecule has 0 fully saturated rings. The van der Waals surface area contributed by atoms with E-state index in [9.17, 15) is 0 Å². The quantitative estimate of drug-likeness (QED) is 0.911. The van der Waals surface area contributed by atoms with Crippen LogP contribution in [0.5, 0.6) is 5.75 Å². The van der Waals surface area contributed by atoms with Crippen molar-refractivity contribution in [3.05, 3.63) is 50.1 Å². The van der Waals surface area contributed by atoms with Gasteiger partial charge in [0.2, 0.25) is 0 Å². The Morgan fingerprint density at radius 2 is 2.22 bits per heavy atom. The van der Waals surface area contributed by atoms with Crippen LogP contribution in [-0.4, -0.2) is 6.10 Å². The Balaban J connectivity index is 1.84. The van der Waals surface area contributed by atoms with Crippen molar-refractivity contribution >= 4 is 27.3 Å². The average molecular weight is 324 g/mol. The third-order valence-corrected chi connectivity index (χ3v) is 4.93. The van der Waals surface area contributed by atoms with Crippen LogP contribution in [0.4, 0.5) is 0 Å². The van der Waals surface area contributed by atoms with Crippen LogP contribution < -0.4 is 10.5 Å². The highest BCUT2D eigenvalue weighted by Gasteiger charge is 2.30. The number of aryl methyl sites for hydroxylation is 1. The van der Waals surface area contributed by atoms with Gasteiger partial charge in [-0.1, -0.05) is 18.2 Å². The van der Waals surface area contributed by atoms with Crippen LogP contribution >= 0.6 is 27.3 Å². The fourth-order valence-corrected chi connectivity index (χ4v) is 4.17. The molecule has 1 aromatic carbocycles. The summed E-state index contributed by atoms with van der Waals surface area (Å²) in [7, 11) is 0. The number of hydrogen-bond donors (Lipinski definition) is 1. The maximum Gasteiger partial charge on any atom is 0.123 e. The molecule has 0 spiro atoms. The lowest BCUT2D eigenvalue weighted by Gasteiger charge is -2.19. The van der Waals surface area contributed by atoms with Gasteiger partial charge in [0.05, 0.1) is 9.83 Å². The molecule has 0 bridgehead atoms. The fourth-order valence-electron chi connectivity index (χ4n) is 2.40. The van der Waals surface area contributed by atoms with Gasteiger partial charge in [0.15, 0.2) is 0 Å². The van der Waals surface area contributed by atoms with Crippen LogP contribution in [0.2, 0.25) is 0 Å². The second-order valence-electron chi connectivity index (χ2n) is 4.56. The highest BCUT2D eigenvalue weighted by molar-refractivity contribution is 9.11. The SMILES string of the molecule is Cc1sc(Br)cc1C(N)C1Cc2ccccc2O1. The minimum Gasteiger partial charge on any atom is -0.488 e. The minimum absolute atomic E-state index is 0.0441. The molecule has 1 aromatic heterocycles. The van der Waals surface area contributed by atoms with Gasteiger partial charge in [0, 0.05) is 11.3 Å². The lowest BCUT2D eigenvalue weighted by molar-refractivity contribution is 0.199. The molecule has 0 radical (unpaired) electrons. The van der Waals surface area contributed by atoms with Gasteiger partial charge in [0.25, 0.3) is 0 Å². The summed E-state index contributed by atoms with van der Waals surface area (Å²) in [6, 6.07) is 10.2. The third kappa shape index (κ3) is 2.09. The topological polar surface area (TPSA) is 35.2 Å². The van der Waals surface area contributed by atoms with Gasteiger partial charge in [0.1, 0.15) is 11.9 Å². The molecule has 0 saturated heterocycles. The predicted octanol–water partition coefficient (Wildman–Crippen LogP) is 3.82. The summed E-state index contributed by atoms with van der Waals surface area (Å²) in [5.41, 5.74) is 8.79. The highest BCUT2D eigenvalue weighted by Crippen LogP contribution is 2.36. The normalized spacial score (nSPS) is 19.4. The number of nitrogens with two attached hydrogens (primary N) is 1. The van der Waals surface area contributed by atoms with E-state index in [0.29, 0.717) is 0 Å². The number of ether oxygens (including phenoxy) is 1. The van der Waals surface area contributed by atoms with Crippen LogP contribution in [0, 0.1) is 6.92 Å². The Morgan fingerprint density at radius 3 is 2.89 bits per heavy atom. The summed E-state index contributed by atoms with van der Waals surface area (Å²) in [4.78, 5) is 1.26. The van der Waals surface area contributed by atoms with Gasteiger partial charge in [-0.05, 0) is 46.1 Å². The summed E-state index contributed by atoms with van der Waals surface area (Å²) >= 11 is 5.23. The van der Waals surface area contributed by atoms with Crippen LogP contribution in [-0.2, 0) is 6.42 Å². The second-order valence-corrected chi connectivity index (χ2v) is 7.19. The maximum atomic E-state index is 6.35. The smallest absolute Gasteiger partial charge is 0.123 e. The van der Waals surface area contributed by atoms with E-state index in [1.807, 2.05) is 18.2 Å². The third-order valence-electron chi connectivity index (χ3n) is 3.36. The molecule has 2 nitrogen and oxygen atoms in total. The predicted molar refractivity (Wildman–Crippen MR) is 78.2 cm³/mol. The Hall–Kier alpha value is -0.840. The number of rotatable bonds is 2. The lowest BCUT2D eigenvalue weighted by atomic mass is 9.99. The summed E-state index contributed by atoms with van der Waals surface area (Å²) in [5, 5.41) is 0. The summed E-state index contributed by atoms with van der Waals surface area (Å²) in [6.45, 7) is 2.10. The first-order valence-corrected chi connectivity index (χ1v) is 7.52. The first-order valence-electron chi connectivity index (χ1n) is 5.91. The van der Waals surface area contributed by atoms with E-state index < -0.39 is 0 Å². The summed E-state index contributed by atoms with van der Waals surface area (Å²) in [6.07, 6.45) is 0.937. The molecule has 2 heterocycles. The van der Waals surface area contributed by atoms with Gasteiger partial charge >= 0.3 is 0 Å². The van der Waals surface area contributed by atoms with Crippen molar-refractivity contribution in [1.82, 2.24) is 0 Å². The summed E-state index contributed by atoms with van der Waals surface area (Å²) < 4.78 is 7.08. The monoisotopic (exact) mass is 323 g/mol. The van der Waals surface area contributed by atoms with E-state index in [0.717, 1.165) is 16.0 Å². The van der Waals surface area contributed by atoms with Gasteiger partial charge in [-0.15, -0.1) is 11.3 Å². The molecule has 2 unspecified atom stereocenters. The van der Waals surface area contributed by atoms with E-state index >= 15 is 0 Å². The number of halogens is 1. The van der Waals surface area contributed by atoms with E-state index in [2.05, 4.69) is 35.0 Å². The molecule has 4 heteroatoms. The van der Waals surface area contributed by atoms with Crippen LogP contribution in [0.3, 0.4) is 0 Å². The van der Waals surface area contributed by atoms with Crippen LogP contribution in [0.15, 0.2) is 34.1 Å². The number of hydrogen-bond acceptors (Lipinski definition) is 3. The minimum atomic E-state index is -0.0695. The molecule has 1 aliphatic rings. The number of thiophene rings is 1. The van der Waals surface area contributed by atoms with Gasteiger partial charge in [-0.3, -0.25) is 0 Å². The molecule has 0 aliphatic carbocycles. The highest BCUT2D eigenvalue weighted by atomic mass is 79.9. The Morgan fingerprint density at radius 1 is 1.44 bits per heavy atom. The van der Waals surface area contributed by atoms with E-state index in [1.165, 1.54) is 16.0 Å². The summed E-state index contributed by atoms with van der Waals surface area (Å²) in [5.74, 6) is 0.977. The molecule has 94 valence electrons. The first-order chi connectivity index (χ1) is 8.65. The standard InChI is InChI=1S/C14H14BrNOS/c1-8-10(7-13(15)18-8)14(16)12-6-9-4-2-3-5-11(9)17-12/h2-5,7,12,14H,6,16H2,1H3. The van der Waals surface area contributed by atoms with Gasteiger partial charge in [-0.2, -0.15) is 0 Å². The van der Waals surface area contributed by atoms with Crippen molar-refractivity contribution in [3.8, 4) is 5.75 Å². The van der Waals surface area contributed by atoms with Crippen molar-refractivity contribution in [2.45, 2.75) is 25.5 Å². The molecule has 1 aliphatic heterocycles. The zero-order chi connectivity index (χ0) is 12.7. The molecular formula is C14H14BrNOS. The molecular weight excluding hydrogens is 310 g/mol. The zero-order valence-corrected chi connectivity index (χ0v) is 12.4. The van der Waals surface area contributed by atoms with E-state index in [1.54, 1.807) is 11.3 Å². The average Bonchev–Trinajstić information content (AvgIpc) is 2.91. The Labute approximate surface area is 119 Å². The number of fused-ring (bicyclic) bond motifs is 1. The van der Waals surface area contributed by atoms with Crippen molar-refractivity contribution in [3.63, 3.8) is 0 Å². The molecule has 18 heavy (non-hydrogen) atoms. The van der Waals surface area contributed by atoms with Crippen molar-refractivity contribution < 1.29 is 4.74 Å². The fraction of sp³-hybridized carbons (Fsp3) is 0.286. The lowest BCUT2D eigenvalue weighted by Crippen LogP contribution is -2.30. The molecule has 0 amide bonds. The Kier molecular flexibility index (Phi) is 3.18. The first kappa shape index (κ1) is 12.2. The largest absolute Gasteiger partial charge is 0.488 e. The number of benzene rings is 1. The van der Waals surface area contributed by atoms with E-state index in [-0.39, 0.29) is 12.1 Å². The molecule has 2 N–H and O–H groups in total. The zero-order valence-electron chi connectivity index (χ0n) is 10.0. The maximum absolute atomic E-state index is 6.35. The molecule has 2 atom stereocenters. The van der Waals surface area contributed by atoms with E-state index in [4.69, 9.17) is 10.5 Å².